The van der Waals surface area contributed by atoms with Crippen LogP contribution in [-0.2, 0) is 19.1 Å². The van der Waals surface area contributed by atoms with Gasteiger partial charge in [-0.3, -0.25) is 4.79 Å². The highest BCUT2D eigenvalue weighted by Crippen LogP contribution is 2.36. The van der Waals surface area contributed by atoms with Gasteiger partial charge in [-0.15, -0.1) is 0 Å². The summed E-state index contributed by atoms with van der Waals surface area (Å²) in [5.74, 6) is -0.708. The molecule has 8 nitrogen and oxygen atoms in total. The van der Waals surface area contributed by atoms with E-state index in [4.69, 9.17) is 9.47 Å². The Morgan fingerprint density at radius 3 is 2.45 bits per heavy atom. The first-order valence-electron chi connectivity index (χ1n) is 6.13. The van der Waals surface area contributed by atoms with Crippen molar-refractivity contribution in [1.82, 2.24) is 0 Å². The molecular formula is C14H13NO7. The molecule has 0 aromatic heterocycles. The molecule has 22 heavy (non-hydrogen) atoms. The number of ether oxygens (including phenoxy) is 4. The van der Waals surface area contributed by atoms with Crippen LogP contribution in [0.5, 0.6) is 11.5 Å². The molecule has 1 aromatic carbocycles. The maximum Gasteiger partial charge on any atom is 0.354 e. The molecular weight excluding hydrogens is 294 g/mol. The van der Waals surface area contributed by atoms with Gasteiger partial charge in [0, 0.05) is 11.6 Å². The van der Waals surface area contributed by atoms with E-state index in [1.54, 1.807) is 0 Å². The highest BCUT2D eigenvalue weighted by molar-refractivity contribution is 6.00. The van der Waals surface area contributed by atoms with Gasteiger partial charge in [-0.1, -0.05) is 0 Å². The fourth-order valence-corrected chi connectivity index (χ4v) is 1.74. The zero-order valence-corrected chi connectivity index (χ0v) is 11.9. The Balaban J connectivity index is 2.37. The van der Waals surface area contributed by atoms with Gasteiger partial charge >= 0.3 is 11.9 Å². The van der Waals surface area contributed by atoms with E-state index in [1.807, 2.05) is 0 Å². The molecule has 8 heteroatoms. The topological polar surface area (TPSA) is 100 Å². The van der Waals surface area contributed by atoms with Crippen LogP contribution in [-0.4, -0.2) is 39.2 Å². The van der Waals surface area contributed by atoms with Crippen LogP contribution in [0.4, 0.5) is 5.69 Å². The SMILES string of the molecule is COC(=O)/C=C(\Nc1cc2c(cc1C=O)OCO2)C(=O)OC. The average molecular weight is 307 g/mol. The number of hydrogen-bond donors (Lipinski definition) is 1. The lowest BCUT2D eigenvalue weighted by Crippen LogP contribution is -2.16. The van der Waals surface area contributed by atoms with Crippen LogP contribution in [0.15, 0.2) is 23.9 Å². The van der Waals surface area contributed by atoms with Gasteiger partial charge in [0.25, 0.3) is 0 Å². The minimum Gasteiger partial charge on any atom is -0.466 e. The maximum atomic E-state index is 11.7. The second-order valence-corrected chi connectivity index (χ2v) is 4.11. The molecule has 0 bridgehead atoms. The van der Waals surface area contributed by atoms with Crippen molar-refractivity contribution in [2.24, 2.45) is 0 Å². The molecule has 0 atom stereocenters. The first-order chi connectivity index (χ1) is 10.6. The number of hydrogen-bond acceptors (Lipinski definition) is 8. The smallest absolute Gasteiger partial charge is 0.354 e. The zero-order valence-electron chi connectivity index (χ0n) is 11.9. The van der Waals surface area contributed by atoms with Crippen molar-refractivity contribution >= 4 is 23.9 Å². The lowest BCUT2D eigenvalue weighted by atomic mass is 10.1. The molecule has 1 N–H and O–H groups in total. The van der Waals surface area contributed by atoms with Crippen LogP contribution in [0.3, 0.4) is 0 Å². The van der Waals surface area contributed by atoms with E-state index >= 15 is 0 Å². The second kappa shape index (κ2) is 6.61. The lowest BCUT2D eigenvalue weighted by Gasteiger charge is -2.11. The summed E-state index contributed by atoms with van der Waals surface area (Å²) in [4.78, 5) is 34.2. The summed E-state index contributed by atoms with van der Waals surface area (Å²) in [7, 11) is 2.33. The third kappa shape index (κ3) is 3.17. The van der Waals surface area contributed by atoms with Crippen LogP contribution in [0, 0.1) is 0 Å². The molecule has 0 saturated heterocycles. The summed E-state index contributed by atoms with van der Waals surface area (Å²) in [6, 6.07) is 2.95. The minimum absolute atomic E-state index is 0.0406. The zero-order chi connectivity index (χ0) is 16.1. The summed E-state index contributed by atoms with van der Waals surface area (Å²) in [5.41, 5.74) is 0.306. The molecule has 1 aliphatic heterocycles. The van der Waals surface area contributed by atoms with E-state index in [-0.39, 0.29) is 23.7 Å². The summed E-state index contributed by atoms with van der Waals surface area (Å²) >= 11 is 0. The first-order valence-corrected chi connectivity index (χ1v) is 6.13. The number of aldehydes is 1. The molecule has 1 aromatic rings. The molecule has 1 heterocycles. The monoisotopic (exact) mass is 307 g/mol. The van der Waals surface area contributed by atoms with Gasteiger partial charge in [0.05, 0.1) is 26.0 Å². The first kappa shape index (κ1) is 15.4. The standard InChI is InChI=1S/C14H13NO7/c1-19-13(17)5-10(14(18)20-2)15-9-4-12-11(21-7-22-12)3-8(9)6-16/h3-6,15H,7H2,1-2H3/b10-5-. The van der Waals surface area contributed by atoms with E-state index in [2.05, 4.69) is 14.8 Å². The third-order valence-electron chi connectivity index (χ3n) is 2.81. The Bertz CT molecular complexity index is 651. The number of methoxy groups -OCH3 is 2. The molecule has 1 aliphatic rings. The molecule has 0 radical (unpaired) electrons. The van der Waals surface area contributed by atoms with Crippen molar-refractivity contribution in [1.29, 1.82) is 0 Å². The Kier molecular flexibility index (Phi) is 4.62. The Morgan fingerprint density at radius 2 is 1.86 bits per heavy atom. The van der Waals surface area contributed by atoms with E-state index in [0.717, 1.165) is 13.2 Å². The largest absolute Gasteiger partial charge is 0.466 e. The van der Waals surface area contributed by atoms with Crippen molar-refractivity contribution in [3.8, 4) is 11.5 Å². The number of anilines is 1. The molecule has 2 rings (SSSR count). The molecule has 0 aliphatic carbocycles. The molecule has 0 amide bonds. The molecule has 0 saturated carbocycles. The normalized spacial score (nSPS) is 12.5. The van der Waals surface area contributed by atoms with Gasteiger partial charge in [0.15, 0.2) is 17.8 Å². The Morgan fingerprint density at radius 1 is 1.18 bits per heavy atom. The number of fused-ring (bicyclic) bond motifs is 1. The predicted molar refractivity (Wildman–Crippen MR) is 73.7 cm³/mol. The van der Waals surface area contributed by atoms with Crippen LogP contribution in [0.25, 0.3) is 0 Å². The van der Waals surface area contributed by atoms with Crippen molar-refractivity contribution in [3.05, 3.63) is 29.5 Å². The predicted octanol–water partition coefficient (Wildman–Crippen LogP) is 0.870. The van der Waals surface area contributed by atoms with Crippen LogP contribution >= 0.6 is 0 Å². The highest BCUT2D eigenvalue weighted by atomic mass is 16.7. The van der Waals surface area contributed by atoms with Gasteiger partial charge in [0.1, 0.15) is 5.70 Å². The summed E-state index contributed by atoms with van der Waals surface area (Å²) in [5, 5.41) is 2.66. The fourth-order valence-electron chi connectivity index (χ4n) is 1.74. The number of carbonyl (C=O) groups is 3. The molecule has 116 valence electrons. The van der Waals surface area contributed by atoms with Gasteiger partial charge in [-0.2, -0.15) is 0 Å². The Labute approximate surface area is 125 Å². The maximum absolute atomic E-state index is 11.7. The number of rotatable bonds is 5. The average Bonchev–Trinajstić information content (AvgIpc) is 2.99. The van der Waals surface area contributed by atoms with Crippen LogP contribution < -0.4 is 14.8 Å². The van der Waals surface area contributed by atoms with Gasteiger partial charge in [-0.05, 0) is 6.07 Å². The van der Waals surface area contributed by atoms with Crippen molar-refractivity contribution in [3.63, 3.8) is 0 Å². The second-order valence-electron chi connectivity index (χ2n) is 4.11. The van der Waals surface area contributed by atoms with Crippen molar-refractivity contribution in [2.75, 3.05) is 26.3 Å². The summed E-state index contributed by atoms with van der Waals surface area (Å²) in [6.45, 7) is 0.0406. The van der Waals surface area contributed by atoms with Gasteiger partial charge in [0.2, 0.25) is 6.79 Å². The summed E-state index contributed by atoms with van der Waals surface area (Å²) < 4.78 is 19.4. The Hall–Kier alpha value is -3.03. The van der Waals surface area contributed by atoms with E-state index < -0.39 is 11.9 Å². The highest BCUT2D eigenvalue weighted by Gasteiger charge is 2.20. The summed E-state index contributed by atoms with van der Waals surface area (Å²) in [6.07, 6.45) is 1.50. The van der Waals surface area contributed by atoms with Crippen molar-refractivity contribution < 1.29 is 33.3 Å². The number of esters is 2. The lowest BCUT2D eigenvalue weighted by molar-refractivity contribution is -0.138. The van der Waals surface area contributed by atoms with Gasteiger partial charge in [-0.25, -0.2) is 9.59 Å². The van der Waals surface area contributed by atoms with Crippen LogP contribution in [0.2, 0.25) is 0 Å². The van der Waals surface area contributed by atoms with Crippen LogP contribution in [0.1, 0.15) is 10.4 Å². The van der Waals surface area contributed by atoms with Gasteiger partial charge < -0.3 is 24.3 Å². The number of benzene rings is 1. The quantitative estimate of drug-likeness (QED) is 0.486. The third-order valence-corrected chi connectivity index (χ3v) is 2.81. The fraction of sp³-hybridized carbons (Fsp3) is 0.214. The van der Waals surface area contributed by atoms with Crippen molar-refractivity contribution in [2.45, 2.75) is 0 Å². The molecule has 0 spiro atoms. The van der Waals surface area contributed by atoms with E-state index in [0.29, 0.717) is 17.8 Å². The molecule has 0 fully saturated rings. The minimum atomic E-state index is -0.792. The van der Waals surface area contributed by atoms with E-state index in [1.165, 1.54) is 19.2 Å². The number of carbonyl (C=O) groups excluding carboxylic acids is 3. The molecule has 0 unspecified atom stereocenters. The number of nitrogens with one attached hydrogen (secondary N) is 1. The van der Waals surface area contributed by atoms with E-state index in [9.17, 15) is 14.4 Å².